The third-order valence-electron chi connectivity index (χ3n) is 7.26. The molecule has 1 amide bonds. The number of H-pyrrole nitrogens is 2. The van der Waals surface area contributed by atoms with Gasteiger partial charge in [-0.15, -0.1) is 11.3 Å². The van der Waals surface area contributed by atoms with Gasteiger partial charge in [-0.3, -0.25) is 14.9 Å². The second kappa shape index (κ2) is 9.50. The van der Waals surface area contributed by atoms with E-state index in [1.807, 2.05) is 36.4 Å². The Labute approximate surface area is 222 Å². The highest BCUT2D eigenvalue weighted by atomic mass is 32.1. The van der Waals surface area contributed by atoms with Gasteiger partial charge in [-0.2, -0.15) is 5.10 Å². The lowest BCUT2D eigenvalue weighted by atomic mass is 9.89. The summed E-state index contributed by atoms with van der Waals surface area (Å²) in [5.74, 6) is 1.43. The van der Waals surface area contributed by atoms with Crippen LogP contribution in [-0.2, 0) is 4.79 Å². The number of aromatic nitrogens is 6. The first-order valence-electron chi connectivity index (χ1n) is 12.9. The highest BCUT2D eigenvalue weighted by Gasteiger charge is 2.21. The molecule has 0 radical (unpaired) electrons. The molecule has 38 heavy (non-hydrogen) atoms. The fraction of sp³-hybridized carbons (Fsp3) is 0.207. The maximum absolute atomic E-state index is 12.6. The van der Waals surface area contributed by atoms with Crippen LogP contribution in [0.3, 0.4) is 0 Å². The first kappa shape index (κ1) is 22.8. The largest absolute Gasteiger partial charge is 0.337 e. The molecule has 5 aromatic heterocycles. The van der Waals surface area contributed by atoms with Gasteiger partial charge in [0.05, 0.1) is 28.4 Å². The summed E-state index contributed by atoms with van der Waals surface area (Å²) in [5.41, 5.74) is 6.18. The summed E-state index contributed by atoms with van der Waals surface area (Å²) in [5, 5.41) is 13.6. The van der Waals surface area contributed by atoms with Crippen molar-refractivity contribution in [3.8, 4) is 33.2 Å². The van der Waals surface area contributed by atoms with Crippen molar-refractivity contribution in [1.82, 2.24) is 30.1 Å². The van der Waals surface area contributed by atoms with Gasteiger partial charge in [0.1, 0.15) is 11.5 Å². The van der Waals surface area contributed by atoms with E-state index >= 15 is 0 Å². The number of imidazole rings is 1. The topological polar surface area (TPSA) is 112 Å². The minimum atomic E-state index is 0.0700. The molecule has 5 heterocycles. The number of hydrogen-bond acceptors (Lipinski definition) is 6. The molecule has 0 aliphatic heterocycles. The first-order valence-corrected chi connectivity index (χ1v) is 13.8. The first-order chi connectivity index (χ1) is 18.7. The molecule has 0 atom stereocenters. The lowest BCUT2D eigenvalue weighted by Gasteiger charge is -2.20. The van der Waals surface area contributed by atoms with Gasteiger partial charge >= 0.3 is 0 Å². The van der Waals surface area contributed by atoms with Crippen molar-refractivity contribution >= 4 is 45.0 Å². The Morgan fingerprint density at radius 2 is 1.89 bits per heavy atom. The molecule has 0 unspecified atom stereocenters. The van der Waals surface area contributed by atoms with Crippen molar-refractivity contribution in [2.75, 3.05) is 5.32 Å². The third kappa shape index (κ3) is 4.14. The normalized spacial score (nSPS) is 14.3. The Morgan fingerprint density at radius 3 is 2.71 bits per heavy atom. The van der Waals surface area contributed by atoms with E-state index in [9.17, 15) is 4.79 Å². The molecule has 9 heteroatoms. The van der Waals surface area contributed by atoms with Crippen molar-refractivity contribution in [1.29, 1.82) is 0 Å². The van der Waals surface area contributed by atoms with Crippen molar-refractivity contribution in [2.45, 2.75) is 32.1 Å². The lowest BCUT2D eigenvalue weighted by Crippen LogP contribution is -2.25. The van der Waals surface area contributed by atoms with Crippen LogP contribution in [0.15, 0.2) is 66.3 Å². The zero-order chi connectivity index (χ0) is 25.5. The second-order valence-corrected chi connectivity index (χ2v) is 10.7. The number of amides is 1. The molecular formula is C29H25N7OS. The SMILES string of the molecule is O=C(Nc1ccc(-c2cc3c(-c4nc5c(-c6cccs6)cccc5[nH]4)n[nH]c3cn2)cn1)C1CCCCC1. The van der Waals surface area contributed by atoms with Crippen LogP contribution in [0.4, 0.5) is 5.82 Å². The van der Waals surface area contributed by atoms with Crippen molar-refractivity contribution < 1.29 is 4.79 Å². The number of carbonyl (C=O) groups excluding carboxylic acids is 1. The Kier molecular flexibility index (Phi) is 5.70. The highest BCUT2D eigenvalue weighted by Crippen LogP contribution is 2.34. The molecule has 188 valence electrons. The van der Waals surface area contributed by atoms with E-state index in [1.54, 1.807) is 23.7 Å². The number of nitrogens with one attached hydrogen (secondary N) is 3. The van der Waals surface area contributed by atoms with Gasteiger partial charge in [0, 0.05) is 33.5 Å². The van der Waals surface area contributed by atoms with Crippen LogP contribution in [0, 0.1) is 5.92 Å². The zero-order valence-electron chi connectivity index (χ0n) is 20.6. The predicted molar refractivity (Wildman–Crippen MR) is 151 cm³/mol. The van der Waals surface area contributed by atoms with Crippen LogP contribution in [0.25, 0.3) is 55.2 Å². The average Bonchev–Trinajstić information content (AvgIpc) is 3.73. The van der Waals surface area contributed by atoms with Crippen LogP contribution in [0.5, 0.6) is 0 Å². The summed E-state index contributed by atoms with van der Waals surface area (Å²) in [7, 11) is 0. The third-order valence-corrected chi connectivity index (χ3v) is 8.16. The Bertz CT molecular complexity index is 1750. The maximum atomic E-state index is 12.6. The predicted octanol–water partition coefficient (Wildman–Crippen LogP) is 6.81. The van der Waals surface area contributed by atoms with Gasteiger partial charge in [0.25, 0.3) is 0 Å². The number of nitrogens with zero attached hydrogens (tertiary/aromatic N) is 4. The fourth-order valence-corrected chi connectivity index (χ4v) is 6.00. The number of hydrogen-bond donors (Lipinski definition) is 3. The number of carbonyl (C=O) groups is 1. The summed E-state index contributed by atoms with van der Waals surface area (Å²) < 4.78 is 0. The highest BCUT2D eigenvalue weighted by molar-refractivity contribution is 7.13. The van der Waals surface area contributed by atoms with E-state index in [1.165, 1.54) is 11.3 Å². The van der Waals surface area contributed by atoms with Gasteiger partial charge in [0.2, 0.25) is 5.91 Å². The molecule has 8 nitrogen and oxygen atoms in total. The van der Waals surface area contributed by atoms with Crippen molar-refractivity contribution in [3.63, 3.8) is 0 Å². The van der Waals surface area contributed by atoms with Crippen LogP contribution in [0.1, 0.15) is 32.1 Å². The van der Waals surface area contributed by atoms with E-state index in [4.69, 9.17) is 4.98 Å². The van der Waals surface area contributed by atoms with Crippen molar-refractivity contribution in [3.05, 3.63) is 66.3 Å². The Morgan fingerprint density at radius 1 is 0.974 bits per heavy atom. The number of thiophene rings is 1. The van der Waals surface area contributed by atoms with Crippen LogP contribution < -0.4 is 5.32 Å². The van der Waals surface area contributed by atoms with Gasteiger partial charge in [-0.25, -0.2) is 9.97 Å². The molecule has 1 aliphatic rings. The van der Waals surface area contributed by atoms with E-state index < -0.39 is 0 Å². The number of para-hydroxylation sites is 1. The number of anilines is 1. The number of fused-ring (bicyclic) bond motifs is 2. The molecule has 0 spiro atoms. The lowest BCUT2D eigenvalue weighted by molar-refractivity contribution is -0.120. The zero-order valence-corrected chi connectivity index (χ0v) is 21.4. The number of pyridine rings is 2. The molecule has 1 aromatic carbocycles. The molecule has 1 fully saturated rings. The van der Waals surface area contributed by atoms with Gasteiger partial charge in [-0.05, 0) is 48.6 Å². The van der Waals surface area contributed by atoms with E-state index in [-0.39, 0.29) is 11.8 Å². The minimum absolute atomic E-state index is 0.0700. The Balaban J connectivity index is 1.19. The van der Waals surface area contributed by atoms with Gasteiger partial charge < -0.3 is 10.3 Å². The average molecular weight is 520 g/mol. The molecule has 1 saturated carbocycles. The second-order valence-electron chi connectivity index (χ2n) is 9.71. The number of benzene rings is 1. The number of aromatic amines is 2. The standard InChI is InChI=1S/C29H25N7OS/c37-29(17-6-2-1-3-7-17)33-25-12-11-18(15-31-25)22-14-20-23(16-30-22)35-36-27(20)28-32-21-9-4-8-19(26(21)34-28)24-10-5-13-38-24/h4-5,8-17H,1-3,6-7H2,(H,32,34)(H,35,36)(H,31,33,37). The molecule has 0 saturated heterocycles. The van der Waals surface area contributed by atoms with Crippen LogP contribution in [-0.4, -0.2) is 36.0 Å². The summed E-state index contributed by atoms with van der Waals surface area (Å²) >= 11 is 1.70. The Hall–Kier alpha value is -4.37. The van der Waals surface area contributed by atoms with Gasteiger partial charge in [0.15, 0.2) is 5.82 Å². The summed E-state index contributed by atoms with van der Waals surface area (Å²) in [6.45, 7) is 0. The van der Waals surface area contributed by atoms with Crippen molar-refractivity contribution in [2.24, 2.45) is 5.92 Å². The van der Waals surface area contributed by atoms with E-state index in [0.717, 1.165) is 70.1 Å². The molecular weight excluding hydrogens is 494 g/mol. The van der Waals surface area contributed by atoms with E-state index in [2.05, 4.69) is 48.0 Å². The molecule has 1 aliphatic carbocycles. The monoisotopic (exact) mass is 519 g/mol. The van der Waals surface area contributed by atoms with E-state index in [0.29, 0.717) is 11.6 Å². The van der Waals surface area contributed by atoms with Gasteiger partial charge in [-0.1, -0.05) is 37.5 Å². The summed E-state index contributed by atoms with van der Waals surface area (Å²) in [4.78, 5) is 31.2. The molecule has 6 aromatic rings. The molecule has 3 N–H and O–H groups in total. The smallest absolute Gasteiger partial charge is 0.228 e. The number of rotatable bonds is 5. The molecule has 7 rings (SSSR count). The van der Waals surface area contributed by atoms with Crippen LogP contribution >= 0.6 is 11.3 Å². The summed E-state index contributed by atoms with van der Waals surface area (Å²) in [6.07, 6.45) is 8.91. The minimum Gasteiger partial charge on any atom is -0.337 e. The molecule has 0 bridgehead atoms. The summed E-state index contributed by atoms with van der Waals surface area (Å²) in [6, 6.07) is 16.1. The van der Waals surface area contributed by atoms with Crippen LogP contribution in [0.2, 0.25) is 0 Å². The quantitative estimate of drug-likeness (QED) is 0.232. The maximum Gasteiger partial charge on any atom is 0.228 e. The fourth-order valence-electron chi connectivity index (χ4n) is 5.24.